The Hall–Kier alpha value is -3.33. The van der Waals surface area contributed by atoms with E-state index in [2.05, 4.69) is 0 Å². The Morgan fingerprint density at radius 2 is 1.94 bits per heavy atom. The van der Waals surface area contributed by atoms with E-state index in [4.69, 9.17) is 13.7 Å². The number of carbonyl (C=O) groups is 2. The van der Waals surface area contributed by atoms with E-state index in [9.17, 15) is 23.1 Å². The molecule has 8 nitrogen and oxygen atoms in total. The number of rotatable bonds is 7. The fourth-order valence-electron chi connectivity index (χ4n) is 4.66. The van der Waals surface area contributed by atoms with Gasteiger partial charge in [-0.05, 0) is 63.1 Å². The summed E-state index contributed by atoms with van der Waals surface area (Å²) in [5.74, 6) is -1.34. The number of phenolic OH excluding ortho intramolecular Hbond substituents is 1. The molecule has 1 unspecified atom stereocenters. The van der Waals surface area contributed by atoms with Crippen LogP contribution in [0.15, 0.2) is 40.8 Å². The first-order chi connectivity index (χ1) is 16.6. The number of ether oxygens (including phenoxy) is 2. The van der Waals surface area contributed by atoms with Crippen molar-refractivity contribution >= 4 is 22.1 Å². The van der Waals surface area contributed by atoms with Gasteiger partial charge in [-0.15, -0.1) is 0 Å². The number of carbonyl (C=O) groups excluding carboxylic acids is 2. The summed E-state index contributed by atoms with van der Waals surface area (Å²) in [6, 6.07) is 6.15. The van der Waals surface area contributed by atoms with E-state index in [-0.39, 0.29) is 58.9 Å². The minimum Gasteiger partial charge on any atom is -0.507 e. The third-order valence-electron chi connectivity index (χ3n) is 6.70. The average molecular weight is 501 g/mol. The number of hydrogen-bond acceptors (Lipinski definition) is 8. The number of aryl methyl sites for hydroxylation is 1. The van der Waals surface area contributed by atoms with Crippen molar-refractivity contribution in [2.45, 2.75) is 57.5 Å². The Labute approximate surface area is 204 Å². The molecule has 1 atom stereocenters. The summed E-state index contributed by atoms with van der Waals surface area (Å²) in [5, 5.41) is 11.0. The lowest BCUT2D eigenvalue weighted by atomic mass is 9.93. The maximum Gasteiger partial charge on any atom is 0.342 e. The van der Waals surface area contributed by atoms with Gasteiger partial charge in [-0.25, -0.2) is 4.79 Å². The summed E-state index contributed by atoms with van der Waals surface area (Å²) < 4.78 is 41.7. The van der Waals surface area contributed by atoms with Crippen molar-refractivity contribution in [3.05, 3.63) is 63.7 Å². The van der Waals surface area contributed by atoms with Crippen LogP contribution in [0.3, 0.4) is 0 Å². The molecule has 0 radical (unpaired) electrons. The Morgan fingerprint density at radius 3 is 2.63 bits per heavy atom. The summed E-state index contributed by atoms with van der Waals surface area (Å²) in [7, 11) is -2.94. The predicted octanol–water partition coefficient (Wildman–Crippen LogP) is 4.28. The molecule has 0 spiro atoms. The second kappa shape index (κ2) is 9.73. The topological polar surface area (TPSA) is 116 Å². The summed E-state index contributed by atoms with van der Waals surface area (Å²) >= 11 is 0. The smallest absolute Gasteiger partial charge is 0.342 e. The zero-order valence-corrected chi connectivity index (χ0v) is 20.7. The van der Waals surface area contributed by atoms with Crippen LogP contribution in [0.1, 0.15) is 58.3 Å². The van der Waals surface area contributed by atoms with Crippen LogP contribution in [0, 0.1) is 19.8 Å². The van der Waals surface area contributed by atoms with Crippen LogP contribution in [-0.4, -0.2) is 32.6 Å². The van der Waals surface area contributed by atoms with Crippen LogP contribution in [0.5, 0.6) is 11.5 Å². The van der Waals surface area contributed by atoms with Gasteiger partial charge in [0.05, 0.1) is 13.5 Å². The van der Waals surface area contributed by atoms with Crippen LogP contribution in [-0.2, 0) is 37.4 Å². The molecule has 1 aliphatic carbocycles. The third kappa shape index (κ3) is 4.91. The molecule has 186 valence electrons. The van der Waals surface area contributed by atoms with Gasteiger partial charge in [0.15, 0.2) is 5.75 Å². The second-order valence-electron chi connectivity index (χ2n) is 8.91. The molecule has 1 heterocycles. The van der Waals surface area contributed by atoms with Gasteiger partial charge in [0, 0.05) is 11.1 Å². The van der Waals surface area contributed by atoms with Crippen molar-refractivity contribution in [3.8, 4) is 11.5 Å². The van der Waals surface area contributed by atoms with Crippen LogP contribution in [0.25, 0.3) is 0 Å². The van der Waals surface area contributed by atoms with Crippen LogP contribution < -0.4 is 4.18 Å². The van der Waals surface area contributed by atoms with Gasteiger partial charge >= 0.3 is 22.1 Å². The molecule has 9 heteroatoms. The summed E-state index contributed by atoms with van der Waals surface area (Å²) in [6.45, 7) is 3.41. The van der Waals surface area contributed by atoms with Gasteiger partial charge in [-0.3, -0.25) is 4.79 Å². The first-order valence-electron chi connectivity index (χ1n) is 11.4. The molecule has 35 heavy (non-hydrogen) atoms. The number of cyclic esters (lactones) is 1. The maximum atomic E-state index is 13.1. The van der Waals surface area contributed by atoms with E-state index < -0.39 is 16.1 Å². The maximum absolute atomic E-state index is 13.1. The van der Waals surface area contributed by atoms with Crippen molar-refractivity contribution in [2.75, 3.05) is 7.11 Å². The third-order valence-corrected chi connectivity index (χ3v) is 7.94. The van der Waals surface area contributed by atoms with Crippen molar-refractivity contribution in [1.82, 2.24) is 0 Å². The Bertz CT molecular complexity index is 1310. The summed E-state index contributed by atoms with van der Waals surface area (Å²) in [4.78, 5) is 24.3. The monoisotopic (exact) mass is 500 g/mol. The highest BCUT2D eigenvalue weighted by atomic mass is 32.2. The van der Waals surface area contributed by atoms with E-state index in [1.54, 1.807) is 19.1 Å². The lowest BCUT2D eigenvalue weighted by molar-refractivity contribution is -0.141. The van der Waals surface area contributed by atoms with Crippen molar-refractivity contribution in [3.63, 3.8) is 0 Å². The molecule has 1 N–H and O–H groups in total. The normalized spacial score (nSPS) is 18.4. The lowest BCUT2D eigenvalue weighted by Gasteiger charge is -2.18. The first kappa shape index (κ1) is 24.8. The fraction of sp³-hybridized carbons (Fsp3) is 0.385. The number of esters is 2. The number of phenols is 1. The van der Waals surface area contributed by atoms with E-state index >= 15 is 0 Å². The molecule has 0 bridgehead atoms. The quantitative estimate of drug-likeness (QED) is 0.340. The molecule has 1 aliphatic heterocycles. The SMILES string of the molecule is COC(=O)CC1CCCC1=CCc1c(O)c(C)c2c(c1OS(=O)(=O)c1ccc(C)cc1)C(=O)OC2. The number of methoxy groups -OCH3 is 1. The van der Waals surface area contributed by atoms with E-state index in [0.717, 1.165) is 30.4 Å². The molecule has 2 aromatic carbocycles. The average Bonchev–Trinajstić information content (AvgIpc) is 3.43. The predicted molar refractivity (Wildman–Crippen MR) is 127 cm³/mol. The molecular formula is C26H28O8S. The van der Waals surface area contributed by atoms with Crippen molar-refractivity contribution < 1.29 is 36.8 Å². The van der Waals surface area contributed by atoms with Crippen LogP contribution >= 0.6 is 0 Å². The zero-order chi connectivity index (χ0) is 25.3. The number of hydrogen-bond donors (Lipinski definition) is 1. The van der Waals surface area contributed by atoms with Gasteiger partial charge in [-0.2, -0.15) is 8.42 Å². The molecule has 1 saturated carbocycles. The number of fused-ring (bicyclic) bond motifs is 1. The minimum atomic E-state index is -4.30. The number of aromatic hydroxyl groups is 1. The molecule has 2 aromatic rings. The Kier molecular flexibility index (Phi) is 6.89. The summed E-state index contributed by atoms with van der Waals surface area (Å²) in [5.41, 5.74) is 2.96. The molecule has 4 rings (SSSR count). The number of benzene rings is 2. The van der Waals surface area contributed by atoms with Crippen LogP contribution in [0.4, 0.5) is 0 Å². The molecule has 1 fully saturated rings. The zero-order valence-electron chi connectivity index (χ0n) is 19.9. The molecule has 2 aliphatic rings. The first-order valence-corrected chi connectivity index (χ1v) is 12.8. The lowest BCUT2D eigenvalue weighted by Crippen LogP contribution is -2.14. The standard InChI is InChI=1S/C26H28O8S/c1-15-7-10-19(11-8-15)35(30,31)34-25-20(24(28)16(2)21-14-33-26(29)23(21)25)12-9-17-5-4-6-18(17)13-22(27)32-3/h7-11,18,28H,4-6,12-14H2,1-3H3. The van der Waals surface area contributed by atoms with Gasteiger partial charge in [0.1, 0.15) is 22.8 Å². The molecule has 0 aromatic heterocycles. The van der Waals surface area contributed by atoms with Crippen LogP contribution in [0.2, 0.25) is 0 Å². The van der Waals surface area contributed by atoms with Gasteiger partial charge in [-0.1, -0.05) is 29.3 Å². The molecule has 0 amide bonds. The Balaban J connectivity index is 1.77. The second-order valence-corrected chi connectivity index (χ2v) is 10.5. The fourth-order valence-corrected chi connectivity index (χ4v) is 5.63. The van der Waals surface area contributed by atoms with Gasteiger partial charge in [0.2, 0.25) is 0 Å². The highest BCUT2D eigenvalue weighted by molar-refractivity contribution is 7.87. The highest BCUT2D eigenvalue weighted by Gasteiger charge is 2.35. The van der Waals surface area contributed by atoms with Crippen molar-refractivity contribution in [2.24, 2.45) is 5.92 Å². The van der Waals surface area contributed by atoms with Crippen molar-refractivity contribution in [1.29, 1.82) is 0 Å². The van der Waals surface area contributed by atoms with E-state index in [1.165, 1.54) is 19.2 Å². The van der Waals surface area contributed by atoms with E-state index in [0.29, 0.717) is 11.1 Å². The highest BCUT2D eigenvalue weighted by Crippen LogP contribution is 2.44. The summed E-state index contributed by atoms with van der Waals surface area (Å²) in [6.07, 6.45) is 4.81. The number of allylic oxidation sites excluding steroid dienone is 2. The van der Waals surface area contributed by atoms with Gasteiger partial charge < -0.3 is 18.8 Å². The largest absolute Gasteiger partial charge is 0.507 e. The Morgan fingerprint density at radius 1 is 1.23 bits per heavy atom. The van der Waals surface area contributed by atoms with E-state index in [1.807, 2.05) is 13.0 Å². The molecule has 0 saturated heterocycles. The minimum absolute atomic E-state index is 0.0157. The van der Waals surface area contributed by atoms with Gasteiger partial charge in [0.25, 0.3) is 0 Å². The molecular weight excluding hydrogens is 472 g/mol.